The summed E-state index contributed by atoms with van der Waals surface area (Å²) in [7, 11) is 21.2. The Kier molecular flexibility index (Phi) is 36.9. The lowest BCUT2D eigenvalue weighted by molar-refractivity contribution is -0.179. The van der Waals surface area contributed by atoms with Crippen LogP contribution in [0.4, 0.5) is 16.0 Å². The largest absolute Gasteiger partial charge is 0.397 e. The smallest absolute Gasteiger partial charge is 0.269 e. The topological polar surface area (TPSA) is 324 Å². The quantitative estimate of drug-likeness (QED) is 0.0230. The van der Waals surface area contributed by atoms with Crippen molar-refractivity contribution in [3.63, 3.8) is 0 Å². The van der Waals surface area contributed by atoms with Gasteiger partial charge in [0.15, 0.2) is 5.78 Å². The number of likely N-dealkylation sites (tertiary alicyclic amines) is 2. The number of carbonyl (C=O) groups excluding carboxylic acids is 4. The number of pyridine rings is 1. The molecule has 4 aromatic carbocycles. The van der Waals surface area contributed by atoms with Crippen molar-refractivity contribution in [3.8, 4) is 39.3 Å². The fourth-order valence-electron chi connectivity index (χ4n) is 11.1. The maximum atomic E-state index is 12.9. The number of hydrogen-bond acceptors (Lipinski definition) is 27. The second-order valence-electron chi connectivity index (χ2n) is 25.9. The molecule has 5 aliphatic rings. The third-order valence-corrected chi connectivity index (χ3v) is 20.9. The third-order valence-electron chi connectivity index (χ3n) is 16.7. The lowest BCUT2D eigenvalue weighted by Crippen LogP contribution is -2.33. The Labute approximate surface area is 663 Å². The molecule has 568 valence electrons. The molecule has 8 aromatic rings. The van der Waals surface area contributed by atoms with Gasteiger partial charge in [-0.05, 0) is 120 Å². The van der Waals surface area contributed by atoms with E-state index in [-0.39, 0.29) is 35.0 Å². The molecule has 0 saturated carbocycles. The van der Waals surface area contributed by atoms with Crippen molar-refractivity contribution in [3.05, 3.63) is 157 Å². The second-order valence-corrected chi connectivity index (χ2v) is 30.9. The van der Waals surface area contributed by atoms with Gasteiger partial charge in [0, 0.05) is 163 Å². The monoisotopic (exact) mass is 1630 g/mol. The number of ketones is 2. The molecule has 5 aliphatic heterocycles. The highest BCUT2D eigenvalue weighted by molar-refractivity contribution is 9.09. The Morgan fingerprint density at radius 3 is 1.65 bits per heavy atom. The first-order valence-corrected chi connectivity index (χ1v) is 38.9. The molecule has 32 heteroatoms. The minimum absolute atomic E-state index is 0.129. The summed E-state index contributed by atoms with van der Waals surface area (Å²) in [5.41, 5.74) is 23.6. The number of ether oxygens (including phenoxy) is 2. The van der Waals surface area contributed by atoms with Crippen molar-refractivity contribution in [2.75, 3.05) is 145 Å². The van der Waals surface area contributed by atoms with Gasteiger partial charge in [-0.2, -0.15) is 15.8 Å². The molecule has 4 aromatic heterocycles. The number of nitrogens with two attached hydrogens (primary N) is 2. The minimum atomic E-state index is -0.241. The maximum Gasteiger partial charge on any atom is 0.269 e. The zero-order valence-corrected chi connectivity index (χ0v) is 68.8. The first-order chi connectivity index (χ1) is 51.1. The van der Waals surface area contributed by atoms with E-state index in [1.807, 2.05) is 137 Å². The van der Waals surface area contributed by atoms with Crippen LogP contribution in [0.2, 0.25) is 0 Å². The summed E-state index contributed by atoms with van der Waals surface area (Å²) in [4.78, 5) is 65.5. The number of halogens is 1. The van der Waals surface area contributed by atoms with Crippen LogP contribution in [-0.4, -0.2) is 223 Å². The van der Waals surface area contributed by atoms with E-state index in [1.54, 1.807) is 20.3 Å². The highest BCUT2D eigenvalue weighted by Crippen LogP contribution is 2.38. The van der Waals surface area contributed by atoms with Gasteiger partial charge >= 0.3 is 0 Å². The van der Waals surface area contributed by atoms with E-state index >= 15 is 0 Å². The first-order valence-electron chi connectivity index (χ1n) is 34.1. The predicted octanol–water partition coefficient (Wildman–Crippen LogP) is 11.1. The number of piperidine rings is 2. The molecule has 0 aliphatic carbocycles. The van der Waals surface area contributed by atoms with Crippen LogP contribution in [0, 0.1) is 38.6 Å². The van der Waals surface area contributed by atoms with Crippen molar-refractivity contribution >= 4 is 141 Å². The summed E-state index contributed by atoms with van der Waals surface area (Å²) in [6.45, 7) is 9.53. The fraction of sp³-hybridized carbons (Fsp3) is 0.400. The lowest BCUT2D eigenvalue weighted by Gasteiger charge is -2.25. The lowest BCUT2D eigenvalue weighted by atomic mass is 9.98. The number of Topliss-reactive ketones (excluding diaryl/α,β-unsaturated/α-hetero) is 2. The molecular formula is C75H94BrN19O6S6. The number of methoxy groups -OCH3 is 2. The maximum absolute atomic E-state index is 12.9. The van der Waals surface area contributed by atoms with E-state index in [2.05, 4.69) is 147 Å². The molecule has 13 rings (SSSR count). The first kappa shape index (κ1) is 87.7. The van der Waals surface area contributed by atoms with E-state index in [0.717, 1.165) is 139 Å². The number of nitrogens with zero attached hydrogens (tertiary/aromatic N) is 14. The number of hydrogen-bond donors (Lipinski definition) is 6. The molecule has 0 atom stereocenters. The van der Waals surface area contributed by atoms with Crippen LogP contribution < -0.4 is 22.1 Å². The van der Waals surface area contributed by atoms with Gasteiger partial charge < -0.3 is 55.3 Å². The summed E-state index contributed by atoms with van der Waals surface area (Å²) < 4.78 is 11.3. The van der Waals surface area contributed by atoms with Gasteiger partial charge in [0.1, 0.15) is 37.5 Å². The van der Waals surface area contributed by atoms with Crippen LogP contribution in [0.5, 0.6) is 0 Å². The van der Waals surface area contributed by atoms with Gasteiger partial charge in [-0.3, -0.25) is 34.7 Å². The number of carbonyl (C=O) groups is 4. The van der Waals surface area contributed by atoms with Crippen LogP contribution >= 0.6 is 87.0 Å². The average molecular weight is 1630 g/mol. The number of aromatic amines is 1. The Balaban J connectivity index is 0.000000202. The second kappa shape index (κ2) is 45.0. The van der Waals surface area contributed by atoms with Crippen molar-refractivity contribution in [1.82, 2.24) is 59.7 Å². The molecule has 9 heterocycles. The fourth-order valence-corrected chi connectivity index (χ4v) is 14.4. The molecule has 2 fully saturated rings. The van der Waals surface area contributed by atoms with E-state index in [4.69, 9.17) is 48.9 Å². The number of nitriles is 3. The molecular weight excluding hydrogens is 1540 g/mol. The Hall–Kier alpha value is -8.18. The van der Waals surface area contributed by atoms with Crippen molar-refractivity contribution in [1.29, 1.82) is 15.8 Å². The van der Waals surface area contributed by atoms with Crippen LogP contribution in [0.25, 0.3) is 31.2 Å². The van der Waals surface area contributed by atoms with Gasteiger partial charge in [-0.1, -0.05) is 124 Å². The number of fused-ring (bicyclic) bond motifs is 4. The van der Waals surface area contributed by atoms with Crippen molar-refractivity contribution in [2.45, 2.75) is 75.9 Å². The Morgan fingerprint density at radius 1 is 0.673 bits per heavy atom. The number of likely N-dealkylation sites (N-methyl/N-ethyl adjacent to an activating group) is 4. The Morgan fingerprint density at radius 2 is 1.17 bits per heavy atom. The van der Waals surface area contributed by atoms with Crippen LogP contribution in [0.15, 0.2) is 108 Å². The molecule has 0 bridgehead atoms. The summed E-state index contributed by atoms with van der Waals surface area (Å²) in [5.74, 6) is 0.343. The number of rotatable bonds is 11. The van der Waals surface area contributed by atoms with Gasteiger partial charge in [0.25, 0.3) is 5.91 Å². The Bertz CT molecular complexity index is 4500. The zero-order chi connectivity index (χ0) is 78.3. The number of thiocarbonyl (C=S) groups is 1. The molecule has 0 spiro atoms. The SMILES string of the molecule is CN(C)/C=C1/CN(C)CCC1=O.CN1CCC(=O)CC1.CN1CCc2[nH]c(=S)c(C#N)cc2C1.CN1CCc2cc(S)c(C#N)cc2C1.CN1CCc2cc3sc(C(=O)Nc4nnc(-c5ccccc5)s4)c(N)c3cc2C1.COC(OC)N(C)C.N#CCC(N)=S.O=C(CBr)Nc1nnc(-c2ccccc2)s1. The number of nitrogens with one attached hydrogen (secondary N) is 3. The number of nitrogen functional groups attached to an aromatic ring is 1. The molecule has 0 unspecified atom stereocenters. The van der Waals surface area contributed by atoms with Crippen LogP contribution in [-0.2, 0) is 62.8 Å². The van der Waals surface area contributed by atoms with Crippen molar-refractivity contribution < 1.29 is 28.7 Å². The molecule has 2 amide bonds. The number of thiophene rings is 1. The van der Waals surface area contributed by atoms with E-state index < -0.39 is 0 Å². The standard InChI is InChI=1S/C21H19N5OS2.C11H12N2S.C10H8BrN3OS.C10H11N3S.C9H16N2O.C6H11NO.C5H13NO2.C3H4N2S/c1-26-8-7-13-10-16-15(9-14(13)11-26)17(22)18(28-16)19(27)23-21-25-24-20(29-21)12-5-3-2-4-6-12;1-13-3-2-8-5-11(14)9(6-12)4-10(8)7-13;11-6-8(15)12-10-14-13-9(16-10)7-4-2-1-3-5-7;1-13-3-2-9-8(6-13)4-7(5-11)10(14)12-9;1-10(2)6-8-7-11(3)5-4-9(8)12;1-7-4-2-6(8)3-5-7;1-6(2)5(7-3)8-4;4-2-1-3(5)6/h2-6,9-10H,7-8,11,22H2,1H3,(H,23,25,27);4-5,14H,2-3,7H2,1H3;1-5H,6H2,(H,12,14,15);4H,2-3,6H2,1H3,(H,12,14);6H,4-5,7H2,1-3H3;2-5H2,1H3;5H,1-4H3;1H2,(H2,5,6)/b;;;;8-6-;;;. The van der Waals surface area contributed by atoms with Gasteiger partial charge in [-0.15, -0.1) is 44.4 Å². The van der Waals surface area contributed by atoms with Gasteiger partial charge in [-0.25, -0.2) is 0 Å². The third kappa shape index (κ3) is 28.7. The predicted molar refractivity (Wildman–Crippen MR) is 441 cm³/mol. The molecule has 107 heavy (non-hydrogen) atoms. The number of aromatic nitrogens is 5. The van der Waals surface area contributed by atoms with E-state index in [9.17, 15) is 19.2 Å². The highest BCUT2D eigenvalue weighted by Gasteiger charge is 2.24. The number of alkyl halides is 1. The van der Waals surface area contributed by atoms with Crippen LogP contribution in [0.1, 0.15) is 80.0 Å². The normalized spacial score (nSPS) is 15.1. The van der Waals surface area contributed by atoms with Gasteiger partial charge in [0.05, 0.1) is 39.6 Å². The van der Waals surface area contributed by atoms with E-state index in [1.165, 1.54) is 67.5 Å². The zero-order valence-electron chi connectivity index (χ0n) is 62.3. The number of benzene rings is 4. The average Bonchev–Trinajstić information content (AvgIpc) is 1.66. The summed E-state index contributed by atoms with van der Waals surface area (Å²) in [6, 6.07) is 35.8. The number of amides is 2. The number of anilines is 3. The number of thiol groups is 1. The number of H-pyrrole nitrogens is 1. The van der Waals surface area contributed by atoms with Crippen molar-refractivity contribution in [2.24, 2.45) is 5.73 Å². The van der Waals surface area contributed by atoms with Crippen LogP contribution in [0.3, 0.4) is 0 Å². The van der Waals surface area contributed by atoms with E-state index in [0.29, 0.717) is 54.6 Å². The highest BCUT2D eigenvalue weighted by atomic mass is 79.9. The molecule has 25 nitrogen and oxygen atoms in total. The summed E-state index contributed by atoms with van der Waals surface area (Å²) in [5, 5.41) is 51.0. The molecule has 2 saturated heterocycles. The summed E-state index contributed by atoms with van der Waals surface area (Å²) >= 11 is 20.9. The molecule has 7 N–H and O–H groups in total. The molecule has 0 radical (unpaired) electrons. The summed E-state index contributed by atoms with van der Waals surface area (Å²) in [6.07, 6.45) is 7.15. The van der Waals surface area contributed by atoms with Gasteiger partial charge in [0.2, 0.25) is 22.6 Å². The minimum Gasteiger partial charge on any atom is -0.397 e.